The topological polar surface area (TPSA) is 64.0 Å². The fourth-order valence-electron chi connectivity index (χ4n) is 3.23. The Labute approximate surface area is 177 Å². The maximum absolute atomic E-state index is 13.4. The highest BCUT2D eigenvalue weighted by Gasteiger charge is 2.34. The molecule has 0 radical (unpaired) electrons. The lowest BCUT2D eigenvalue weighted by atomic mass is 10.1. The van der Waals surface area contributed by atoms with Gasteiger partial charge in [0.15, 0.2) is 5.69 Å². The monoisotopic (exact) mass is 429 g/mol. The van der Waals surface area contributed by atoms with E-state index in [4.69, 9.17) is 0 Å². The van der Waals surface area contributed by atoms with Crippen LogP contribution in [0.1, 0.15) is 40.2 Å². The van der Waals surface area contributed by atoms with Gasteiger partial charge in [0, 0.05) is 18.3 Å². The van der Waals surface area contributed by atoms with Crippen LogP contribution in [0.4, 0.5) is 13.2 Å². The zero-order chi connectivity index (χ0) is 22.4. The second-order valence-corrected chi connectivity index (χ2v) is 7.12. The van der Waals surface area contributed by atoms with Crippen LogP contribution in [-0.4, -0.2) is 22.2 Å². The lowest BCUT2D eigenvalue weighted by Gasteiger charge is -2.16. The summed E-state index contributed by atoms with van der Waals surface area (Å²) in [6.07, 6.45) is -2.21. The predicted molar refractivity (Wildman–Crippen MR) is 111 cm³/mol. The van der Waals surface area contributed by atoms with Gasteiger partial charge in [-0.15, -0.1) is 0 Å². The number of carbonyl (C=O) groups is 1. The Morgan fingerprint density at radius 1 is 1.03 bits per heavy atom. The van der Waals surface area contributed by atoms with Gasteiger partial charge in [-0.1, -0.05) is 42.5 Å². The summed E-state index contributed by atoms with van der Waals surface area (Å²) in [5.74, 6) is -0.706. The number of rotatable bonds is 7. The van der Waals surface area contributed by atoms with Gasteiger partial charge in [-0.2, -0.15) is 18.3 Å². The summed E-state index contributed by atoms with van der Waals surface area (Å²) in [4.78, 5) is 24.7. The van der Waals surface area contributed by atoms with E-state index in [1.54, 1.807) is 0 Å². The highest BCUT2D eigenvalue weighted by molar-refractivity contribution is 5.92. The zero-order valence-electron chi connectivity index (χ0n) is 16.9. The maximum Gasteiger partial charge on any atom is 0.418 e. The van der Waals surface area contributed by atoms with Crippen LogP contribution in [-0.2, 0) is 12.6 Å². The normalized spacial score (nSPS) is 11.4. The number of unbranched alkanes of at least 4 members (excludes halogenated alkanes) is 1. The van der Waals surface area contributed by atoms with Crippen LogP contribution < -0.4 is 10.7 Å². The van der Waals surface area contributed by atoms with E-state index in [9.17, 15) is 22.8 Å². The molecule has 162 valence electrons. The number of aryl methyl sites for hydroxylation is 2. The summed E-state index contributed by atoms with van der Waals surface area (Å²) in [5.41, 5.74) is -0.835. The summed E-state index contributed by atoms with van der Waals surface area (Å²) in [7, 11) is 0. The van der Waals surface area contributed by atoms with Crippen molar-refractivity contribution in [1.29, 1.82) is 0 Å². The summed E-state index contributed by atoms with van der Waals surface area (Å²) in [6, 6.07) is 15.9. The molecule has 0 fully saturated rings. The maximum atomic E-state index is 13.4. The van der Waals surface area contributed by atoms with Crippen molar-refractivity contribution in [2.75, 3.05) is 6.54 Å². The van der Waals surface area contributed by atoms with E-state index in [-0.39, 0.29) is 11.4 Å². The van der Waals surface area contributed by atoms with Crippen molar-refractivity contribution in [1.82, 2.24) is 15.1 Å². The quantitative estimate of drug-likeness (QED) is 0.569. The van der Waals surface area contributed by atoms with Gasteiger partial charge in [0.05, 0.1) is 11.3 Å². The number of nitrogens with zero attached hydrogens (tertiary/aromatic N) is 2. The number of benzene rings is 2. The molecular weight excluding hydrogens is 407 g/mol. The Bertz CT molecular complexity index is 1110. The molecule has 3 rings (SSSR count). The van der Waals surface area contributed by atoms with Crippen molar-refractivity contribution < 1.29 is 18.0 Å². The third kappa shape index (κ3) is 5.59. The van der Waals surface area contributed by atoms with Crippen molar-refractivity contribution in [3.8, 4) is 5.69 Å². The smallest absolute Gasteiger partial charge is 0.351 e. The highest BCUT2D eigenvalue weighted by atomic mass is 19.4. The first kappa shape index (κ1) is 22.3. The molecule has 3 aromatic rings. The van der Waals surface area contributed by atoms with Crippen molar-refractivity contribution >= 4 is 5.91 Å². The summed E-state index contributed by atoms with van der Waals surface area (Å²) < 4.78 is 41.1. The van der Waals surface area contributed by atoms with Crippen LogP contribution in [0.25, 0.3) is 5.69 Å². The number of aromatic nitrogens is 2. The Morgan fingerprint density at radius 2 is 1.71 bits per heavy atom. The number of nitrogens with one attached hydrogen (secondary N) is 1. The van der Waals surface area contributed by atoms with Gasteiger partial charge in [-0.3, -0.25) is 9.59 Å². The fourth-order valence-corrected chi connectivity index (χ4v) is 3.23. The van der Waals surface area contributed by atoms with Gasteiger partial charge in [0.2, 0.25) is 5.43 Å². The van der Waals surface area contributed by atoms with Gasteiger partial charge in [-0.05, 0) is 43.9 Å². The van der Waals surface area contributed by atoms with E-state index >= 15 is 0 Å². The summed E-state index contributed by atoms with van der Waals surface area (Å²) >= 11 is 0. The first-order valence-corrected chi connectivity index (χ1v) is 9.87. The average molecular weight is 429 g/mol. The molecule has 0 bridgehead atoms. The number of hydrogen-bond donors (Lipinski definition) is 1. The van der Waals surface area contributed by atoms with Gasteiger partial charge in [0.1, 0.15) is 0 Å². The van der Waals surface area contributed by atoms with Crippen molar-refractivity contribution in [2.45, 2.75) is 32.4 Å². The molecule has 31 heavy (non-hydrogen) atoms. The van der Waals surface area contributed by atoms with Crippen molar-refractivity contribution in [3.05, 3.63) is 93.4 Å². The molecule has 0 atom stereocenters. The summed E-state index contributed by atoms with van der Waals surface area (Å²) in [6.45, 7) is 1.80. The predicted octanol–water partition coefficient (Wildman–Crippen LogP) is 4.31. The Balaban J connectivity index is 1.73. The molecule has 0 spiro atoms. The number of halogens is 3. The summed E-state index contributed by atoms with van der Waals surface area (Å²) in [5, 5.41) is 6.59. The average Bonchev–Trinajstić information content (AvgIpc) is 2.73. The standard InChI is InChI=1S/C23H22F3N3O2/c1-16-15-20(30)21(22(31)27-14-8-7-11-17-9-3-2-4-10-17)28-29(16)19-13-6-5-12-18(19)23(24,25)26/h2-6,9-10,12-13,15H,7-8,11,14H2,1H3,(H,27,31). The van der Waals surface area contributed by atoms with Crippen LogP contribution >= 0.6 is 0 Å². The van der Waals surface area contributed by atoms with E-state index in [0.717, 1.165) is 29.7 Å². The van der Waals surface area contributed by atoms with Crippen LogP contribution in [0, 0.1) is 6.92 Å². The van der Waals surface area contributed by atoms with Gasteiger partial charge >= 0.3 is 6.18 Å². The van der Waals surface area contributed by atoms with E-state index < -0.39 is 28.8 Å². The lowest BCUT2D eigenvalue weighted by Crippen LogP contribution is -2.32. The molecule has 1 amide bonds. The third-order valence-electron chi connectivity index (χ3n) is 4.78. The van der Waals surface area contributed by atoms with Crippen LogP contribution in [0.2, 0.25) is 0 Å². The molecule has 1 heterocycles. The number of alkyl halides is 3. The molecule has 0 aliphatic carbocycles. The minimum atomic E-state index is -4.60. The van der Waals surface area contributed by atoms with E-state index in [0.29, 0.717) is 13.0 Å². The molecular formula is C23H22F3N3O2. The molecule has 5 nitrogen and oxygen atoms in total. The molecule has 0 aliphatic heterocycles. The first-order valence-electron chi connectivity index (χ1n) is 9.87. The molecule has 2 aromatic carbocycles. The van der Waals surface area contributed by atoms with Crippen molar-refractivity contribution in [3.63, 3.8) is 0 Å². The molecule has 8 heteroatoms. The number of hydrogen-bond acceptors (Lipinski definition) is 3. The van der Waals surface area contributed by atoms with Gasteiger partial charge in [-0.25, -0.2) is 4.68 Å². The van der Waals surface area contributed by atoms with Gasteiger partial charge < -0.3 is 5.32 Å². The molecule has 0 saturated heterocycles. The van der Waals surface area contributed by atoms with Crippen molar-refractivity contribution in [2.24, 2.45) is 0 Å². The van der Waals surface area contributed by atoms with Crippen LogP contribution in [0.5, 0.6) is 0 Å². The Hall–Kier alpha value is -3.42. The Kier molecular flexibility index (Phi) is 6.89. The van der Waals surface area contributed by atoms with Crippen LogP contribution in [0.3, 0.4) is 0 Å². The SMILES string of the molecule is Cc1cc(=O)c(C(=O)NCCCCc2ccccc2)nn1-c1ccccc1C(F)(F)F. The largest absolute Gasteiger partial charge is 0.418 e. The number of amides is 1. The fraction of sp³-hybridized carbons (Fsp3) is 0.261. The van der Waals surface area contributed by atoms with E-state index in [2.05, 4.69) is 10.4 Å². The second kappa shape index (κ2) is 9.59. The lowest BCUT2D eigenvalue weighted by molar-refractivity contribution is -0.137. The molecule has 0 aliphatic rings. The Morgan fingerprint density at radius 3 is 2.42 bits per heavy atom. The highest BCUT2D eigenvalue weighted by Crippen LogP contribution is 2.33. The zero-order valence-corrected chi connectivity index (χ0v) is 16.9. The minimum Gasteiger partial charge on any atom is -0.351 e. The molecule has 1 N–H and O–H groups in total. The third-order valence-corrected chi connectivity index (χ3v) is 4.78. The van der Waals surface area contributed by atoms with Crippen LogP contribution in [0.15, 0.2) is 65.5 Å². The second-order valence-electron chi connectivity index (χ2n) is 7.12. The molecule has 0 saturated carbocycles. The first-order chi connectivity index (χ1) is 14.8. The van der Waals surface area contributed by atoms with Gasteiger partial charge in [0.25, 0.3) is 5.91 Å². The van der Waals surface area contributed by atoms with E-state index in [1.807, 2.05) is 30.3 Å². The molecule has 1 aromatic heterocycles. The van der Waals surface area contributed by atoms with E-state index in [1.165, 1.54) is 30.7 Å². The number of para-hydroxylation sites is 1. The minimum absolute atomic E-state index is 0.195. The number of carbonyl (C=O) groups excluding carboxylic acids is 1. The molecule has 0 unspecified atom stereocenters.